The average Bonchev–Trinajstić information content (AvgIpc) is 2.92. The SMILES string of the molecule is COc1ccc(C(=O)[C@H](OC(=O)c2ccccc2NC(=O)c2ccc(Cl)cc2Cl)c2ccccc2)cc1. The summed E-state index contributed by atoms with van der Waals surface area (Å²) in [5.41, 5.74) is 1.32. The van der Waals surface area contributed by atoms with Crippen LogP contribution in [-0.4, -0.2) is 24.8 Å². The van der Waals surface area contributed by atoms with Gasteiger partial charge in [-0.15, -0.1) is 0 Å². The van der Waals surface area contributed by atoms with Gasteiger partial charge in [-0.2, -0.15) is 0 Å². The van der Waals surface area contributed by atoms with Gasteiger partial charge in [0, 0.05) is 16.1 Å². The first-order valence-electron chi connectivity index (χ1n) is 11.2. The number of methoxy groups -OCH3 is 1. The van der Waals surface area contributed by atoms with E-state index >= 15 is 0 Å². The van der Waals surface area contributed by atoms with Crippen molar-refractivity contribution in [2.75, 3.05) is 12.4 Å². The Morgan fingerprint density at radius 1 is 0.784 bits per heavy atom. The second-order valence-electron chi connectivity index (χ2n) is 7.91. The summed E-state index contributed by atoms with van der Waals surface area (Å²) in [5.74, 6) is -1.13. The van der Waals surface area contributed by atoms with Crippen molar-refractivity contribution in [2.45, 2.75) is 6.10 Å². The first-order valence-corrected chi connectivity index (χ1v) is 11.9. The lowest BCUT2D eigenvalue weighted by atomic mass is 9.99. The smallest absolute Gasteiger partial charge is 0.341 e. The Hall–Kier alpha value is -4.13. The number of amides is 1. The van der Waals surface area contributed by atoms with Gasteiger partial charge < -0.3 is 14.8 Å². The summed E-state index contributed by atoms with van der Waals surface area (Å²) in [4.78, 5) is 39.6. The fourth-order valence-corrected chi connectivity index (χ4v) is 4.11. The van der Waals surface area contributed by atoms with Crippen LogP contribution < -0.4 is 10.1 Å². The number of carbonyl (C=O) groups is 3. The largest absolute Gasteiger partial charge is 0.497 e. The van der Waals surface area contributed by atoms with Crippen LogP contribution in [0.5, 0.6) is 5.75 Å². The first-order chi connectivity index (χ1) is 17.9. The van der Waals surface area contributed by atoms with Crippen LogP contribution in [0.25, 0.3) is 0 Å². The summed E-state index contributed by atoms with van der Waals surface area (Å²) in [6.07, 6.45) is -1.21. The molecule has 0 aliphatic heterocycles. The normalized spacial score (nSPS) is 11.3. The maximum absolute atomic E-state index is 13.4. The Labute approximate surface area is 223 Å². The molecule has 1 N–H and O–H groups in total. The second kappa shape index (κ2) is 11.7. The summed E-state index contributed by atoms with van der Waals surface area (Å²) in [6, 6.07) is 26.1. The monoisotopic (exact) mass is 533 g/mol. The average molecular weight is 534 g/mol. The molecule has 4 aromatic carbocycles. The van der Waals surface area contributed by atoms with Crippen LogP contribution in [0, 0.1) is 0 Å². The van der Waals surface area contributed by atoms with E-state index in [0.29, 0.717) is 21.9 Å². The van der Waals surface area contributed by atoms with Gasteiger partial charge in [0.05, 0.1) is 28.9 Å². The van der Waals surface area contributed by atoms with Crippen molar-refractivity contribution < 1.29 is 23.9 Å². The molecule has 0 saturated heterocycles. The van der Waals surface area contributed by atoms with E-state index < -0.39 is 23.8 Å². The molecule has 6 nitrogen and oxygen atoms in total. The number of para-hydroxylation sites is 1. The molecule has 0 aromatic heterocycles. The minimum atomic E-state index is -1.21. The zero-order chi connectivity index (χ0) is 26.4. The fourth-order valence-electron chi connectivity index (χ4n) is 3.61. The molecular formula is C29H21Cl2NO5. The molecule has 0 aliphatic rings. The summed E-state index contributed by atoms with van der Waals surface area (Å²) in [6.45, 7) is 0. The maximum Gasteiger partial charge on any atom is 0.341 e. The van der Waals surface area contributed by atoms with E-state index in [1.54, 1.807) is 72.8 Å². The molecule has 0 radical (unpaired) electrons. The Kier molecular flexibility index (Phi) is 8.23. The lowest BCUT2D eigenvalue weighted by Crippen LogP contribution is -2.22. The highest BCUT2D eigenvalue weighted by atomic mass is 35.5. The number of hydrogen-bond acceptors (Lipinski definition) is 5. The van der Waals surface area contributed by atoms with E-state index in [1.807, 2.05) is 0 Å². The first kappa shape index (κ1) is 25.9. The number of carbonyl (C=O) groups excluding carboxylic acids is 3. The number of ketones is 1. The highest BCUT2D eigenvalue weighted by Gasteiger charge is 2.28. The fraction of sp³-hybridized carbons (Fsp3) is 0.0690. The quantitative estimate of drug-likeness (QED) is 0.194. The van der Waals surface area contributed by atoms with Crippen molar-refractivity contribution in [3.8, 4) is 5.75 Å². The molecule has 0 spiro atoms. The maximum atomic E-state index is 13.4. The number of nitrogens with one attached hydrogen (secondary N) is 1. The molecule has 4 rings (SSSR count). The van der Waals surface area contributed by atoms with E-state index in [1.165, 1.54) is 31.4 Å². The van der Waals surface area contributed by atoms with Crippen LogP contribution in [0.2, 0.25) is 10.0 Å². The van der Waals surface area contributed by atoms with Gasteiger partial charge in [-0.25, -0.2) is 4.79 Å². The summed E-state index contributed by atoms with van der Waals surface area (Å²) < 4.78 is 10.9. The van der Waals surface area contributed by atoms with Crippen LogP contribution >= 0.6 is 23.2 Å². The molecule has 4 aromatic rings. The molecule has 0 heterocycles. The van der Waals surface area contributed by atoms with Crippen LogP contribution in [0.1, 0.15) is 42.7 Å². The van der Waals surface area contributed by atoms with Gasteiger partial charge in [0.25, 0.3) is 5.91 Å². The minimum absolute atomic E-state index is 0.0735. The Balaban J connectivity index is 1.61. The molecule has 1 atom stereocenters. The molecule has 8 heteroatoms. The highest BCUT2D eigenvalue weighted by Crippen LogP contribution is 2.28. The predicted molar refractivity (Wildman–Crippen MR) is 143 cm³/mol. The third kappa shape index (κ3) is 6.17. The minimum Gasteiger partial charge on any atom is -0.497 e. The molecule has 186 valence electrons. The Morgan fingerprint density at radius 2 is 1.46 bits per heavy atom. The number of ether oxygens (including phenoxy) is 2. The zero-order valence-electron chi connectivity index (χ0n) is 19.6. The van der Waals surface area contributed by atoms with Crippen LogP contribution in [-0.2, 0) is 4.74 Å². The zero-order valence-corrected chi connectivity index (χ0v) is 21.1. The van der Waals surface area contributed by atoms with E-state index in [0.717, 1.165) is 0 Å². The van der Waals surface area contributed by atoms with Gasteiger partial charge in [0.15, 0.2) is 6.10 Å². The highest BCUT2D eigenvalue weighted by molar-refractivity contribution is 6.37. The number of rotatable bonds is 8. The molecule has 0 fully saturated rings. The lowest BCUT2D eigenvalue weighted by Gasteiger charge is -2.19. The van der Waals surface area contributed by atoms with Crippen molar-refractivity contribution in [3.63, 3.8) is 0 Å². The number of hydrogen-bond donors (Lipinski definition) is 1. The van der Waals surface area contributed by atoms with E-state index in [9.17, 15) is 14.4 Å². The number of benzene rings is 4. The molecule has 1 amide bonds. The third-order valence-corrected chi connectivity index (χ3v) is 6.06. The summed E-state index contributed by atoms with van der Waals surface area (Å²) in [5, 5.41) is 3.24. The van der Waals surface area contributed by atoms with Gasteiger partial charge in [-0.05, 0) is 54.6 Å². The van der Waals surface area contributed by atoms with Crippen molar-refractivity contribution in [1.82, 2.24) is 0 Å². The lowest BCUT2D eigenvalue weighted by molar-refractivity contribution is 0.0281. The molecule has 0 unspecified atom stereocenters. The Morgan fingerprint density at radius 3 is 2.14 bits per heavy atom. The predicted octanol–water partition coefficient (Wildman–Crippen LogP) is 7.04. The van der Waals surface area contributed by atoms with Crippen molar-refractivity contribution >= 4 is 46.5 Å². The van der Waals surface area contributed by atoms with Gasteiger partial charge >= 0.3 is 5.97 Å². The van der Waals surface area contributed by atoms with Gasteiger partial charge in [0.1, 0.15) is 5.75 Å². The molecule has 37 heavy (non-hydrogen) atoms. The standard InChI is InChI=1S/C29H21Cl2NO5/c1-36-21-14-11-18(12-15-21)26(33)27(19-7-3-2-4-8-19)37-29(35)23-9-5-6-10-25(23)32-28(34)22-16-13-20(30)17-24(22)31/h2-17,27H,1H3,(H,32,34)/t27-/m1/s1. The van der Waals surface area contributed by atoms with Gasteiger partial charge in [-0.3, -0.25) is 9.59 Å². The molecule has 0 bridgehead atoms. The van der Waals surface area contributed by atoms with Gasteiger partial charge in [-0.1, -0.05) is 65.7 Å². The van der Waals surface area contributed by atoms with Crippen molar-refractivity contribution in [3.05, 3.63) is 129 Å². The van der Waals surface area contributed by atoms with E-state index in [-0.39, 0.29) is 21.8 Å². The molecule has 0 saturated carbocycles. The van der Waals surface area contributed by atoms with Crippen molar-refractivity contribution in [1.29, 1.82) is 0 Å². The van der Waals surface area contributed by atoms with Crippen LogP contribution in [0.3, 0.4) is 0 Å². The number of halogens is 2. The van der Waals surface area contributed by atoms with Crippen LogP contribution in [0.4, 0.5) is 5.69 Å². The molecule has 0 aliphatic carbocycles. The number of anilines is 1. The summed E-state index contributed by atoms with van der Waals surface area (Å²) >= 11 is 12.1. The topological polar surface area (TPSA) is 81.7 Å². The number of Topliss-reactive ketones (excluding diaryl/α,β-unsaturated/α-hetero) is 1. The third-order valence-electron chi connectivity index (χ3n) is 5.51. The van der Waals surface area contributed by atoms with Gasteiger partial charge in [0.2, 0.25) is 5.78 Å². The molecular weight excluding hydrogens is 513 g/mol. The van der Waals surface area contributed by atoms with Crippen molar-refractivity contribution in [2.24, 2.45) is 0 Å². The second-order valence-corrected chi connectivity index (χ2v) is 8.76. The Bertz CT molecular complexity index is 1440. The number of esters is 1. The van der Waals surface area contributed by atoms with E-state index in [2.05, 4.69) is 5.32 Å². The summed E-state index contributed by atoms with van der Waals surface area (Å²) in [7, 11) is 1.53. The van der Waals surface area contributed by atoms with E-state index in [4.69, 9.17) is 32.7 Å². The van der Waals surface area contributed by atoms with Crippen LogP contribution in [0.15, 0.2) is 97.1 Å².